The van der Waals surface area contributed by atoms with Crippen molar-refractivity contribution in [2.45, 2.75) is 31.3 Å². The van der Waals surface area contributed by atoms with Crippen LogP contribution in [-0.4, -0.2) is 41.4 Å². The minimum Gasteiger partial charge on any atom is -0.447 e. The molecule has 68 valence electrons. The van der Waals surface area contributed by atoms with Gasteiger partial charge in [0, 0.05) is 12.6 Å². The Morgan fingerprint density at radius 2 is 2.33 bits per heavy atom. The fourth-order valence-corrected chi connectivity index (χ4v) is 1.64. The first-order valence-corrected chi connectivity index (χ1v) is 4.39. The Balaban J connectivity index is 1.98. The van der Waals surface area contributed by atoms with E-state index in [0.717, 1.165) is 12.8 Å². The SMILES string of the molecule is O=C1OCC(CCO)N1C1CC1. The van der Waals surface area contributed by atoms with Gasteiger partial charge in [0.2, 0.25) is 0 Å². The first-order valence-electron chi connectivity index (χ1n) is 4.39. The van der Waals surface area contributed by atoms with Crippen molar-refractivity contribution in [2.75, 3.05) is 13.2 Å². The Labute approximate surface area is 71.1 Å². The molecule has 1 atom stereocenters. The predicted molar refractivity (Wildman–Crippen MR) is 41.7 cm³/mol. The standard InChI is InChI=1S/C8H13NO3/c10-4-3-7-5-12-8(11)9(7)6-1-2-6/h6-7,10H,1-5H2. The second-order valence-electron chi connectivity index (χ2n) is 3.38. The molecule has 1 amide bonds. The highest BCUT2D eigenvalue weighted by atomic mass is 16.6. The van der Waals surface area contributed by atoms with Crippen LogP contribution in [0.25, 0.3) is 0 Å². The molecule has 1 saturated carbocycles. The van der Waals surface area contributed by atoms with Crippen molar-refractivity contribution < 1.29 is 14.6 Å². The second kappa shape index (κ2) is 2.94. The summed E-state index contributed by atoms with van der Waals surface area (Å²) in [4.78, 5) is 13.0. The van der Waals surface area contributed by atoms with E-state index in [1.807, 2.05) is 0 Å². The molecule has 0 spiro atoms. The van der Waals surface area contributed by atoms with Crippen LogP contribution in [0.3, 0.4) is 0 Å². The van der Waals surface area contributed by atoms with Crippen LogP contribution in [0.15, 0.2) is 0 Å². The van der Waals surface area contributed by atoms with Crippen molar-refractivity contribution in [3.63, 3.8) is 0 Å². The van der Waals surface area contributed by atoms with E-state index in [1.54, 1.807) is 4.90 Å². The van der Waals surface area contributed by atoms with Crippen LogP contribution < -0.4 is 0 Å². The van der Waals surface area contributed by atoms with E-state index in [4.69, 9.17) is 9.84 Å². The molecule has 4 heteroatoms. The van der Waals surface area contributed by atoms with Crippen molar-refractivity contribution in [3.8, 4) is 0 Å². The summed E-state index contributed by atoms with van der Waals surface area (Å²) in [5.41, 5.74) is 0. The molecule has 1 aliphatic carbocycles. The van der Waals surface area contributed by atoms with Crippen molar-refractivity contribution in [1.29, 1.82) is 0 Å². The molecule has 2 rings (SSSR count). The molecule has 2 fully saturated rings. The molecule has 1 unspecified atom stereocenters. The average Bonchev–Trinajstić information content (AvgIpc) is 2.80. The zero-order valence-corrected chi connectivity index (χ0v) is 6.90. The normalized spacial score (nSPS) is 29.2. The van der Waals surface area contributed by atoms with Gasteiger partial charge in [0.15, 0.2) is 0 Å². The Kier molecular flexibility index (Phi) is 1.92. The van der Waals surface area contributed by atoms with E-state index < -0.39 is 0 Å². The topological polar surface area (TPSA) is 49.8 Å². The van der Waals surface area contributed by atoms with Gasteiger partial charge in [0.1, 0.15) is 6.61 Å². The lowest BCUT2D eigenvalue weighted by Gasteiger charge is -2.19. The molecule has 0 aromatic carbocycles. The summed E-state index contributed by atoms with van der Waals surface area (Å²) < 4.78 is 4.91. The summed E-state index contributed by atoms with van der Waals surface area (Å²) in [6.07, 6.45) is 2.63. The lowest BCUT2D eigenvalue weighted by molar-refractivity contribution is 0.155. The molecule has 1 aliphatic heterocycles. The van der Waals surface area contributed by atoms with E-state index >= 15 is 0 Å². The van der Waals surface area contributed by atoms with Gasteiger partial charge in [-0.15, -0.1) is 0 Å². The number of rotatable bonds is 3. The molecule has 0 radical (unpaired) electrons. The third-order valence-electron chi connectivity index (χ3n) is 2.41. The van der Waals surface area contributed by atoms with Gasteiger partial charge in [-0.3, -0.25) is 4.90 Å². The summed E-state index contributed by atoms with van der Waals surface area (Å²) in [5.74, 6) is 0. The number of carbonyl (C=O) groups excluding carboxylic acids is 1. The Bertz CT molecular complexity index is 191. The molecular weight excluding hydrogens is 158 g/mol. The molecule has 4 nitrogen and oxygen atoms in total. The van der Waals surface area contributed by atoms with Crippen LogP contribution in [0.2, 0.25) is 0 Å². The molecule has 12 heavy (non-hydrogen) atoms. The van der Waals surface area contributed by atoms with Crippen LogP contribution in [0, 0.1) is 0 Å². The van der Waals surface area contributed by atoms with Gasteiger partial charge in [-0.05, 0) is 19.3 Å². The fraction of sp³-hybridized carbons (Fsp3) is 0.875. The van der Waals surface area contributed by atoms with Crippen molar-refractivity contribution in [1.82, 2.24) is 4.90 Å². The van der Waals surface area contributed by atoms with Gasteiger partial charge in [-0.2, -0.15) is 0 Å². The van der Waals surface area contributed by atoms with E-state index in [0.29, 0.717) is 19.1 Å². The summed E-state index contributed by atoms with van der Waals surface area (Å²) >= 11 is 0. The summed E-state index contributed by atoms with van der Waals surface area (Å²) in [5, 5.41) is 8.74. The van der Waals surface area contributed by atoms with Crippen LogP contribution >= 0.6 is 0 Å². The smallest absolute Gasteiger partial charge is 0.410 e. The number of amides is 1. The Morgan fingerprint density at radius 3 is 2.92 bits per heavy atom. The largest absolute Gasteiger partial charge is 0.447 e. The molecule has 1 heterocycles. The lowest BCUT2D eigenvalue weighted by atomic mass is 10.2. The summed E-state index contributed by atoms with van der Waals surface area (Å²) in [6.45, 7) is 0.584. The second-order valence-corrected chi connectivity index (χ2v) is 3.38. The van der Waals surface area contributed by atoms with E-state index in [-0.39, 0.29) is 18.7 Å². The molecule has 1 saturated heterocycles. The zero-order chi connectivity index (χ0) is 8.55. The number of cyclic esters (lactones) is 1. The maximum Gasteiger partial charge on any atom is 0.410 e. The van der Waals surface area contributed by atoms with Crippen LogP contribution in [-0.2, 0) is 4.74 Å². The van der Waals surface area contributed by atoms with E-state index in [1.165, 1.54) is 0 Å². The minimum atomic E-state index is -0.198. The third kappa shape index (κ3) is 1.27. The highest BCUT2D eigenvalue weighted by Crippen LogP contribution is 2.32. The third-order valence-corrected chi connectivity index (χ3v) is 2.41. The minimum absolute atomic E-state index is 0.120. The Hall–Kier alpha value is -0.770. The fourth-order valence-electron chi connectivity index (χ4n) is 1.64. The highest BCUT2D eigenvalue weighted by Gasteiger charge is 2.42. The molecular formula is C8H13NO3. The number of ether oxygens (including phenoxy) is 1. The maximum absolute atomic E-state index is 11.2. The number of carbonyl (C=O) groups is 1. The zero-order valence-electron chi connectivity index (χ0n) is 6.90. The number of hydrogen-bond acceptors (Lipinski definition) is 3. The quantitative estimate of drug-likeness (QED) is 0.666. The van der Waals surface area contributed by atoms with Gasteiger partial charge >= 0.3 is 6.09 Å². The first kappa shape index (κ1) is 7.86. The van der Waals surface area contributed by atoms with Gasteiger partial charge in [0.05, 0.1) is 6.04 Å². The first-order chi connectivity index (χ1) is 5.83. The Morgan fingerprint density at radius 1 is 1.58 bits per heavy atom. The molecule has 0 aromatic heterocycles. The number of hydrogen-bond donors (Lipinski definition) is 1. The van der Waals surface area contributed by atoms with Crippen LogP contribution in [0.1, 0.15) is 19.3 Å². The van der Waals surface area contributed by atoms with Crippen LogP contribution in [0.4, 0.5) is 4.79 Å². The van der Waals surface area contributed by atoms with Crippen molar-refractivity contribution >= 4 is 6.09 Å². The van der Waals surface area contributed by atoms with Crippen molar-refractivity contribution in [3.05, 3.63) is 0 Å². The summed E-state index contributed by atoms with van der Waals surface area (Å²) in [7, 11) is 0. The lowest BCUT2D eigenvalue weighted by Crippen LogP contribution is -2.35. The number of aliphatic hydroxyl groups excluding tert-OH is 1. The number of nitrogens with zero attached hydrogens (tertiary/aromatic N) is 1. The molecule has 1 N–H and O–H groups in total. The maximum atomic E-state index is 11.2. The monoisotopic (exact) mass is 171 g/mol. The molecule has 0 aromatic rings. The van der Waals surface area contributed by atoms with Gasteiger partial charge < -0.3 is 9.84 Å². The number of aliphatic hydroxyl groups is 1. The molecule has 2 aliphatic rings. The summed E-state index contributed by atoms with van der Waals surface area (Å²) in [6, 6.07) is 0.520. The van der Waals surface area contributed by atoms with E-state index in [2.05, 4.69) is 0 Å². The predicted octanol–water partition coefficient (Wildman–Crippen LogP) is 0.352. The van der Waals surface area contributed by atoms with Crippen LogP contribution in [0.5, 0.6) is 0 Å². The van der Waals surface area contributed by atoms with Crippen molar-refractivity contribution in [2.24, 2.45) is 0 Å². The van der Waals surface area contributed by atoms with E-state index in [9.17, 15) is 4.79 Å². The average molecular weight is 171 g/mol. The van der Waals surface area contributed by atoms with Gasteiger partial charge in [0.25, 0.3) is 0 Å². The van der Waals surface area contributed by atoms with Gasteiger partial charge in [-0.1, -0.05) is 0 Å². The molecule has 0 bridgehead atoms. The highest BCUT2D eigenvalue weighted by molar-refractivity contribution is 5.70. The van der Waals surface area contributed by atoms with Gasteiger partial charge in [-0.25, -0.2) is 4.79 Å².